The van der Waals surface area contributed by atoms with Crippen LogP contribution in [0.5, 0.6) is 11.5 Å². The molecule has 0 radical (unpaired) electrons. The average Bonchev–Trinajstić information content (AvgIpc) is 3.03. The van der Waals surface area contributed by atoms with Gasteiger partial charge in [-0.3, -0.25) is 9.59 Å². The van der Waals surface area contributed by atoms with Gasteiger partial charge in [0.15, 0.2) is 0 Å². The maximum atomic E-state index is 14.7. The summed E-state index contributed by atoms with van der Waals surface area (Å²) in [6, 6.07) is 8.73. The number of anilines is 1. The number of nitriles is 1. The first kappa shape index (κ1) is 35.3. The third-order valence-corrected chi connectivity index (χ3v) is 8.29. The van der Waals surface area contributed by atoms with Crippen molar-refractivity contribution in [2.45, 2.75) is 70.3 Å². The molecule has 0 aromatic heterocycles. The van der Waals surface area contributed by atoms with Crippen LogP contribution in [0.2, 0.25) is 0 Å². The van der Waals surface area contributed by atoms with Gasteiger partial charge in [0.25, 0.3) is 11.8 Å². The van der Waals surface area contributed by atoms with Gasteiger partial charge >= 0.3 is 12.3 Å². The van der Waals surface area contributed by atoms with Crippen LogP contribution in [0.25, 0.3) is 0 Å². The standard InChI is InChI=1S/C33H39F3N4O7/c1-21(2)40(23-8-7-13-38(19-23)31(43)44)29(41)25-16-27-28(17-26(25)33(34,35)36)47-32(3,30(42)39(27)14-5-6-15-45-4)20-46-24-11-9-22(18-37)10-12-24/h9-12,16-17,21,23H,5-8,13-15,19-20H2,1-4H3,(H,43,44)/t23-,32?/m1/s1. The van der Waals surface area contributed by atoms with Gasteiger partial charge in [0.1, 0.15) is 18.1 Å². The SMILES string of the molecule is COCCCCN1C(=O)C(C)(COc2ccc(C#N)cc2)Oc2cc(C(F)(F)F)c(C(=O)N(C(C)C)[C@@H]3CCCN(C(=O)O)C3)cc21. The normalized spacial score (nSPS) is 19.6. The van der Waals surface area contributed by atoms with E-state index < -0.39 is 52.9 Å². The summed E-state index contributed by atoms with van der Waals surface area (Å²) in [7, 11) is 1.53. The van der Waals surface area contributed by atoms with Gasteiger partial charge in [0, 0.05) is 39.4 Å². The van der Waals surface area contributed by atoms with Gasteiger partial charge in [-0.15, -0.1) is 0 Å². The van der Waals surface area contributed by atoms with Crippen molar-refractivity contribution in [3.05, 3.63) is 53.1 Å². The van der Waals surface area contributed by atoms with Gasteiger partial charge < -0.3 is 34.0 Å². The second kappa shape index (κ2) is 14.5. The number of halogens is 3. The van der Waals surface area contributed by atoms with E-state index in [-0.39, 0.29) is 37.7 Å². The van der Waals surface area contributed by atoms with Crippen molar-refractivity contribution in [3.63, 3.8) is 0 Å². The van der Waals surface area contributed by atoms with Gasteiger partial charge in [0.2, 0.25) is 5.60 Å². The molecule has 0 aliphatic carbocycles. The first-order chi connectivity index (χ1) is 22.2. The average molecular weight is 661 g/mol. The van der Waals surface area contributed by atoms with Crippen LogP contribution in [-0.2, 0) is 15.7 Å². The molecule has 4 rings (SSSR count). The molecule has 2 atom stereocenters. The van der Waals surface area contributed by atoms with Crippen molar-refractivity contribution >= 4 is 23.6 Å². The molecule has 14 heteroatoms. The smallest absolute Gasteiger partial charge is 0.417 e. The summed E-state index contributed by atoms with van der Waals surface area (Å²) in [5, 5.41) is 18.6. The Kier molecular flexibility index (Phi) is 10.9. The molecule has 1 fully saturated rings. The van der Waals surface area contributed by atoms with Crippen LogP contribution < -0.4 is 14.4 Å². The number of piperidine rings is 1. The Morgan fingerprint density at radius 3 is 2.51 bits per heavy atom. The Hall–Kier alpha value is -4.51. The lowest BCUT2D eigenvalue weighted by molar-refractivity contribution is -0.139. The Bertz CT molecular complexity index is 1510. The number of unbranched alkanes of at least 4 members (excludes halogenated alkanes) is 1. The molecule has 1 unspecified atom stereocenters. The number of alkyl halides is 3. The molecule has 0 spiro atoms. The third kappa shape index (κ3) is 7.90. The quantitative estimate of drug-likeness (QED) is 0.310. The number of fused-ring (bicyclic) bond motifs is 1. The number of carboxylic acid groups (broad SMARTS) is 1. The van der Waals surface area contributed by atoms with Crippen molar-refractivity contribution in [1.29, 1.82) is 5.26 Å². The minimum absolute atomic E-state index is 0.0131. The lowest BCUT2D eigenvalue weighted by Crippen LogP contribution is -2.58. The number of nitrogens with zero attached hydrogens (tertiary/aromatic N) is 4. The van der Waals surface area contributed by atoms with E-state index in [9.17, 15) is 32.7 Å². The number of amides is 3. The number of carbonyl (C=O) groups excluding carboxylic acids is 2. The van der Waals surface area contributed by atoms with Gasteiger partial charge in [-0.1, -0.05) is 0 Å². The van der Waals surface area contributed by atoms with E-state index in [1.165, 1.54) is 48.1 Å². The number of rotatable bonds is 11. The van der Waals surface area contributed by atoms with Crippen molar-refractivity contribution in [2.24, 2.45) is 0 Å². The van der Waals surface area contributed by atoms with Crippen LogP contribution in [0.4, 0.5) is 23.7 Å². The van der Waals surface area contributed by atoms with Crippen molar-refractivity contribution in [2.75, 3.05) is 44.9 Å². The molecule has 3 amide bonds. The van der Waals surface area contributed by atoms with Crippen LogP contribution in [0, 0.1) is 11.3 Å². The van der Waals surface area contributed by atoms with E-state index in [1.54, 1.807) is 13.8 Å². The van der Waals surface area contributed by atoms with Gasteiger partial charge in [0.05, 0.1) is 34.5 Å². The second-order valence-corrected chi connectivity index (χ2v) is 12.1. The number of likely N-dealkylation sites (tertiary alicyclic amines) is 1. The third-order valence-electron chi connectivity index (χ3n) is 8.29. The molecule has 0 bridgehead atoms. The largest absolute Gasteiger partial charge is 0.489 e. The first-order valence-electron chi connectivity index (χ1n) is 15.4. The highest BCUT2D eigenvalue weighted by atomic mass is 19.4. The van der Waals surface area contributed by atoms with Gasteiger partial charge in [-0.2, -0.15) is 18.4 Å². The summed E-state index contributed by atoms with van der Waals surface area (Å²) in [5.41, 5.74) is -3.22. The van der Waals surface area contributed by atoms with Crippen LogP contribution in [0.15, 0.2) is 36.4 Å². The molecule has 2 aliphatic heterocycles. The molecule has 47 heavy (non-hydrogen) atoms. The highest BCUT2D eigenvalue weighted by Crippen LogP contribution is 2.45. The maximum absolute atomic E-state index is 14.7. The summed E-state index contributed by atoms with van der Waals surface area (Å²) in [6.07, 6.45) is -4.26. The molecule has 254 valence electrons. The van der Waals surface area contributed by atoms with E-state index in [0.29, 0.717) is 43.6 Å². The fraction of sp³-hybridized carbons (Fsp3) is 0.515. The van der Waals surface area contributed by atoms with Crippen LogP contribution in [0.1, 0.15) is 67.9 Å². The zero-order valence-electron chi connectivity index (χ0n) is 26.8. The van der Waals surface area contributed by atoms with Crippen molar-refractivity contribution in [1.82, 2.24) is 9.80 Å². The highest BCUT2D eigenvalue weighted by Gasteiger charge is 2.48. The van der Waals surface area contributed by atoms with E-state index in [1.807, 2.05) is 6.07 Å². The van der Waals surface area contributed by atoms with Gasteiger partial charge in [-0.05, 0) is 82.9 Å². The molecule has 2 aliphatic rings. The molecule has 1 saturated heterocycles. The van der Waals surface area contributed by atoms with Crippen LogP contribution >= 0.6 is 0 Å². The molecule has 2 aromatic rings. The fourth-order valence-electron chi connectivity index (χ4n) is 5.95. The van der Waals surface area contributed by atoms with E-state index in [2.05, 4.69) is 0 Å². The van der Waals surface area contributed by atoms with Gasteiger partial charge in [-0.25, -0.2) is 4.79 Å². The predicted molar refractivity (Wildman–Crippen MR) is 165 cm³/mol. The Morgan fingerprint density at radius 2 is 1.91 bits per heavy atom. The molecule has 0 saturated carbocycles. The summed E-state index contributed by atoms with van der Waals surface area (Å²) in [4.78, 5) is 43.6. The fourth-order valence-corrected chi connectivity index (χ4v) is 5.95. The summed E-state index contributed by atoms with van der Waals surface area (Å²) in [5.74, 6) is -1.40. The number of hydrogen-bond acceptors (Lipinski definition) is 7. The number of hydrogen-bond donors (Lipinski definition) is 1. The number of carbonyl (C=O) groups is 3. The lowest BCUT2D eigenvalue weighted by atomic mass is 9.96. The van der Waals surface area contributed by atoms with Crippen molar-refractivity contribution in [3.8, 4) is 17.6 Å². The molecule has 2 aromatic carbocycles. The van der Waals surface area contributed by atoms with Crippen LogP contribution in [0.3, 0.4) is 0 Å². The zero-order valence-corrected chi connectivity index (χ0v) is 26.8. The molecule has 1 N–H and O–H groups in total. The topological polar surface area (TPSA) is 133 Å². The van der Waals surface area contributed by atoms with E-state index in [4.69, 9.17) is 19.5 Å². The lowest BCUT2D eigenvalue weighted by Gasteiger charge is -2.42. The molecular weight excluding hydrogens is 621 g/mol. The Balaban J connectivity index is 1.76. The number of benzene rings is 2. The predicted octanol–water partition coefficient (Wildman–Crippen LogP) is 5.56. The molecular formula is C33H39F3N4O7. The van der Waals surface area contributed by atoms with E-state index in [0.717, 1.165) is 17.0 Å². The molecule has 11 nitrogen and oxygen atoms in total. The monoisotopic (exact) mass is 660 g/mol. The van der Waals surface area contributed by atoms with E-state index >= 15 is 0 Å². The molecule has 2 heterocycles. The second-order valence-electron chi connectivity index (χ2n) is 12.1. The minimum Gasteiger partial charge on any atom is -0.489 e. The number of methoxy groups -OCH3 is 1. The van der Waals surface area contributed by atoms with Crippen molar-refractivity contribution < 1.29 is 46.9 Å². The van der Waals surface area contributed by atoms with Crippen LogP contribution in [-0.4, -0.2) is 90.5 Å². The Morgan fingerprint density at radius 1 is 1.21 bits per heavy atom. The minimum atomic E-state index is -4.97. The maximum Gasteiger partial charge on any atom is 0.417 e. The highest BCUT2D eigenvalue weighted by molar-refractivity contribution is 6.05. The summed E-state index contributed by atoms with van der Waals surface area (Å²) in [6.45, 7) is 5.15. The summed E-state index contributed by atoms with van der Waals surface area (Å²) < 4.78 is 61.0. The first-order valence-corrected chi connectivity index (χ1v) is 15.4. The Labute approximate surface area is 271 Å². The zero-order chi connectivity index (χ0) is 34.5. The number of ether oxygens (including phenoxy) is 3. The summed E-state index contributed by atoms with van der Waals surface area (Å²) >= 11 is 0.